The van der Waals surface area contributed by atoms with Crippen LogP contribution < -0.4 is 15.6 Å². The largest absolute Gasteiger partial charge is 0.484 e. The van der Waals surface area contributed by atoms with Crippen molar-refractivity contribution in [2.24, 2.45) is 0 Å². The van der Waals surface area contributed by atoms with E-state index in [9.17, 15) is 32.9 Å². The maximum Gasteiger partial charge on any atom is 0.433 e. The number of hydrazine groups is 1. The number of rotatable bonds is 5. The number of hydrogen-bond donors (Lipinski definition) is 2. The SMILES string of the molecule is O=C(COc1cccc(C(F)(F)F)c1)NNC(=O)c1ccc([N+](=O)[O-])o1. The average Bonchev–Trinajstić information content (AvgIpc) is 3.08. The van der Waals surface area contributed by atoms with Crippen molar-refractivity contribution < 1.29 is 36.8 Å². The minimum atomic E-state index is -4.55. The Morgan fingerprint density at radius 1 is 1.19 bits per heavy atom. The number of carbonyl (C=O) groups excluding carboxylic acids is 2. The number of alkyl halides is 3. The van der Waals surface area contributed by atoms with Crippen LogP contribution in [-0.2, 0) is 11.0 Å². The molecule has 0 aliphatic heterocycles. The highest BCUT2D eigenvalue weighted by Crippen LogP contribution is 2.31. The maximum absolute atomic E-state index is 12.6. The summed E-state index contributed by atoms with van der Waals surface area (Å²) in [6.07, 6.45) is -4.55. The first-order chi connectivity index (χ1) is 12.2. The minimum Gasteiger partial charge on any atom is -0.484 e. The van der Waals surface area contributed by atoms with Gasteiger partial charge in [0.1, 0.15) is 10.7 Å². The van der Waals surface area contributed by atoms with Gasteiger partial charge in [-0.3, -0.25) is 30.6 Å². The van der Waals surface area contributed by atoms with Crippen molar-refractivity contribution in [2.45, 2.75) is 6.18 Å². The first kappa shape index (κ1) is 18.8. The zero-order valence-corrected chi connectivity index (χ0v) is 12.7. The lowest BCUT2D eigenvalue weighted by atomic mass is 10.2. The van der Waals surface area contributed by atoms with E-state index in [2.05, 4.69) is 4.42 Å². The number of benzene rings is 1. The molecular weight excluding hydrogens is 363 g/mol. The molecule has 0 aliphatic carbocycles. The molecule has 0 spiro atoms. The van der Waals surface area contributed by atoms with Crippen molar-refractivity contribution in [3.05, 3.63) is 57.8 Å². The summed E-state index contributed by atoms with van der Waals surface area (Å²) in [5.74, 6) is -3.12. The summed E-state index contributed by atoms with van der Waals surface area (Å²) < 4.78 is 47.2. The molecule has 9 nitrogen and oxygen atoms in total. The fourth-order valence-electron chi connectivity index (χ4n) is 1.68. The normalized spacial score (nSPS) is 10.9. The molecule has 1 aromatic heterocycles. The summed E-state index contributed by atoms with van der Waals surface area (Å²) in [6, 6.07) is 5.88. The molecular formula is C14H10F3N3O6. The Morgan fingerprint density at radius 3 is 2.54 bits per heavy atom. The van der Waals surface area contributed by atoms with Gasteiger partial charge in [-0.25, -0.2) is 0 Å². The lowest BCUT2D eigenvalue weighted by molar-refractivity contribution is -0.402. The van der Waals surface area contributed by atoms with Crippen LogP contribution in [0.5, 0.6) is 5.75 Å². The Bertz CT molecular complexity index is 833. The molecule has 1 heterocycles. The van der Waals surface area contributed by atoms with E-state index in [0.717, 1.165) is 24.3 Å². The third-order valence-electron chi connectivity index (χ3n) is 2.84. The molecule has 12 heteroatoms. The second-order valence-corrected chi connectivity index (χ2v) is 4.71. The Labute approximate surface area is 142 Å². The highest BCUT2D eigenvalue weighted by atomic mass is 19.4. The average molecular weight is 373 g/mol. The standard InChI is InChI=1S/C14H10F3N3O6/c15-14(16,17)8-2-1-3-9(6-8)25-7-11(21)18-19-13(22)10-4-5-12(26-10)20(23)24/h1-6H,7H2,(H,18,21)(H,19,22). The number of carbonyl (C=O) groups is 2. The van der Waals surface area contributed by atoms with Gasteiger partial charge in [0, 0.05) is 0 Å². The van der Waals surface area contributed by atoms with Gasteiger partial charge >= 0.3 is 18.0 Å². The number of nitro groups is 1. The predicted octanol–water partition coefficient (Wildman–Crippen LogP) is 2.05. The number of ether oxygens (including phenoxy) is 1. The van der Waals surface area contributed by atoms with E-state index >= 15 is 0 Å². The zero-order valence-electron chi connectivity index (χ0n) is 12.7. The molecule has 1 aromatic carbocycles. The summed E-state index contributed by atoms with van der Waals surface area (Å²) in [6.45, 7) is -0.681. The number of amides is 2. The van der Waals surface area contributed by atoms with E-state index in [1.807, 2.05) is 10.9 Å². The quantitative estimate of drug-likeness (QED) is 0.611. The third-order valence-corrected chi connectivity index (χ3v) is 2.84. The van der Waals surface area contributed by atoms with Gasteiger partial charge in [0.25, 0.3) is 5.91 Å². The Kier molecular flexibility index (Phi) is 5.45. The first-order valence-corrected chi connectivity index (χ1v) is 6.80. The number of furan rings is 1. The first-order valence-electron chi connectivity index (χ1n) is 6.80. The van der Waals surface area contributed by atoms with Gasteiger partial charge in [0.2, 0.25) is 5.76 Å². The highest BCUT2D eigenvalue weighted by Gasteiger charge is 2.30. The van der Waals surface area contributed by atoms with E-state index in [-0.39, 0.29) is 5.75 Å². The molecule has 0 atom stereocenters. The van der Waals surface area contributed by atoms with E-state index in [0.29, 0.717) is 6.07 Å². The Hall–Kier alpha value is -3.57. The molecule has 2 N–H and O–H groups in total. The molecule has 0 bridgehead atoms. The van der Waals surface area contributed by atoms with Gasteiger partial charge in [-0.1, -0.05) is 6.07 Å². The topological polar surface area (TPSA) is 124 Å². The van der Waals surface area contributed by atoms with E-state index in [1.165, 1.54) is 6.07 Å². The molecule has 0 unspecified atom stereocenters. The summed E-state index contributed by atoms with van der Waals surface area (Å²) >= 11 is 0. The summed E-state index contributed by atoms with van der Waals surface area (Å²) in [7, 11) is 0. The van der Waals surface area contributed by atoms with Crippen LogP contribution in [0.4, 0.5) is 19.1 Å². The molecule has 0 aliphatic rings. The van der Waals surface area contributed by atoms with Crippen molar-refractivity contribution in [1.82, 2.24) is 10.9 Å². The fourth-order valence-corrected chi connectivity index (χ4v) is 1.68. The smallest absolute Gasteiger partial charge is 0.433 e. The van der Waals surface area contributed by atoms with Crippen LogP contribution in [-0.4, -0.2) is 23.3 Å². The van der Waals surface area contributed by atoms with E-state index < -0.39 is 46.7 Å². The summed E-state index contributed by atoms with van der Waals surface area (Å²) in [5, 5.41) is 10.4. The molecule has 2 aromatic rings. The lowest BCUT2D eigenvalue weighted by Crippen LogP contribution is -2.43. The second kappa shape index (κ2) is 7.55. The molecule has 2 amide bonds. The number of nitrogens with zero attached hydrogens (tertiary/aromatic N) is 1. The fraction of sp³-hybridized carbons (Fsp3) is 0.143. The van der Waals surface area contributed by atoms with Crippen LogP contribution in [0.2, 0.25) is 0 Å². The van der Waals surface area contributed by atoms with Gasteiger partial charge < -0.3 is 9.15 Å². The lowest BCUT2D eigenvalue weighted by Gasteiger charge is -2.10. The number of nitrogens with one attached hydrogen (secondary N) is 2. The Balaban J connectivity index is 1.83. The summed E-state index contributed by atoms with van der Waals surface area (Å²) in [5.41, 5.74) is 2.89. The second-order valence-electron chi connectivity index (χ2n) is 4.71. The van der Waals surface area contributed by atoms with E-state index in [1.54, 1.807) is 0 Å². The molecule has 0 radical (unpaired) electrons. The van der Waals surface area contributed by atoms with Crippen LogP contribution in [0.15, 0.2) is 40.8 Å². The third kappa shape index (κ3) is 4.96. The molecule has 0 saturated carbocycles. The molecule has 2 rings (SSSR count). The van der Waals surface area contributed by atoms with Gasteiger partial charge in [-0.2, -0.15) is 13.2 Å². The van der Waals surface area contributed by atoms with Crippen molar-refractivity contribution in [3.63, 3.8) is 0 Å². The highest BCUT2D eigenvalue weighted by molar-refractivity contribution is 5.93. The molecule has 0 fully saturated rings. The maximum atomic E-state index is 12.6. The molecule has 138 valence electrons. The molecule has 0 saturated heterocycles. The van der Waals surface area contributed by atoms with Crippen molar-refractivity contribution in [1.29, 1.82) is 0 Å². The van der Waals surface area contributed by atoms with Gasteiger partial charge in [0.15, 0.2) is 6.61 Å². The van der Waals surface area contributed by atoms with E-state index in [4.69, 9.17) is 4.74 Å². The van der Waals surface area contributed by atoms with Crippen LogP contribution in [0, 0.1) is 10.1 Å². The number of halogens is 3. The summed E-state index contributed by atoms with van der Waals surface area (Å²) in [4.78, 5) is 32.7. The van der Waals surface area contributed by atoms with Crippen molar-refractivity contribution in [2.75, 3.05) is 6.61 Å². The van der Waals surface area contributed by atoms with Crippen LogP contribution in [0.25, 0.3) is 0 Å². The van der Waals surface area contributed by atoms with Crippen LogP contribution in [0.1, 0.15) is 16.1 Å². The van der Waals surface area contributed by atoms with Gasteiger partial charge in [0.05, 0.1) is 11.6 Å². The van der Waals surface area contributed by atoms with Crippen molar-refractivity contribution >= 4 is 17.7 Å². The van der Waals surface area contributed by atoms with Crippen LogP contribution in [0.3, 0.4) is 0 Å². The predicted molar refractivity (Wildman–Crippen MR) is 77.9 cm³/mol. The Morgan fingerprint density at radius 2 is 1.92 bits per heavy atom. The minimum absolute atomic E-state index is 0.192. The van der Waals surface area contributed by atoms with Gasteiger partial charge in [-0.05, 0) is 24.3 Å². The monoisotopic (exact) mass is 373 g/mol. The molecule has 26 heavy (non-hydrogen) atoms. The van der Waals surface area contributed by atoms with Crippen LogP contribution >= 0.6 is 0 Å². The number of hydrogen-bond acceptors (Lipinski definition) is 6. The van der Waals surface area contributed by atoms with Crippen molar-refractivity contribution in [3.8, 4) is 5.75 Å². The zero-order chi connectivity index (χ0) is 19.3. The van der Waals surface area contributed by atoms with Gasteiger partial charge in [-0.15, -0.1) is 0 Å².